The van der Waals surface area contributed by atoms with Gasteiger partial charge in [-0.15, -0.1) is 0 Å². The second kappa shape index (κ2) is 9.45. The summed E-state index contributed by atoms with van der Waals surface area (Å²) in [5, 5.41) is 4.29. The molecule has 1 saturated heterocycles. The van der Waals surface area contributed by atoms with Crippen LogP contribution in [-0.2, 0) is 22.5 Å². The number of aromatic nitrogens is 2. The highest BCUT2D eigenvalue weighted by Gasteiger charge is 2.22. The smallest absolute Gasteiger partial charge is 0.227 e. The summed E-state index contributed by atoms with van der Waals surface area (Å²) >= 11 is 6.10. The average Bonchev–Trinajstić information content (AvgIpc) is 3.17. The van der Waals surface area contributed by atoms with Crippen molar-refractivity contribution in [1.29, 1.82) is 0 Å². The van der Waals surface area contributed by atoms with Gasteiger partial charge in [-0.1, -0.05) is 22.8 Å². The lowest BCUT2D eigenvalue weighted by molar-refractivity contribution is -0.133. The first-order valence-corrected chi connectivity index (χ1v) is 9.63. The third-order valence-electron chi connectivity index (χ3n) is 4.89. The molecule has 152 valence electrons. The van der Waals surface area contributed by atoms with Gasteiger partial charge in [0, 0.05) is 57.7 Å². The van der Waals surface area contributed by atoms with Gasteiger partial charge in [0.1, 0.15) is 11.9 Å². The molecule has 1 amide bonds. The summed E-state index contributed by atoms with van der Waals surface area (Å²) in [5.74, 6) is 0.656. The van der Waals surface area contributed by atoms with Crippen LogP contribution in [0.1, 0.15) is 36.7 Å². The molecule has 1 fully saturated rings. The van der Waals surface area contributed by atoms with E-state index in [0.717, 1.165) is 18.7 Å². The number of rotatable bonds is 7. The van der Waals surface area contributed by atoms with Gasteiger partial charge in [0.2, 0.25) is 11.8 Å². The zero-order valence-corrected chi connectivity index (χ0v) is 16.8. The number of hydrogen-bond acceptors (Lipinski definition) is 6. The molecule has 2 heterocycles. The highest BCUT2D eigenvalue weighted by Crippen LogP contribution is 2.20. The fourth-order valence-electron chi connectivity index (χ4n) is 3.06. The van der Waals surface area contributed by atoms with Gasteiger partial charge in [-0.05, 0) is 24.6 Å². The Morgan fingerprint density at radius 2 is 2.11 bits per heavy atom. The Bertz CT molecular complexity index is 808. The first-order valence-electron chi connectivity index (χ1n) is 9.25. The van der Waals surface area contributed by atoms with Crippen LogP contribution >= 0.6 is 11.6 Å². The third kappa shape index (κ3) is 5.27. The van der Waals surface area contributed by atoms with Gasteiger partial charge in [0.05, 0.1) is 0 Å². The SMILES string of the molecule is COC(C)c1noc(CCC(=O)N2CCN(Cc3ccc(F)cc3Cl)CC2)n1. The minimum Gasteiger partial charge on any atom is -0.374 e. The van der Waals surface area contributed by atoms with Crippen molar-refractivity contribution in [2.75, 3.05) is 33.3 Å². The van der Waals surface area contributed by atoms with Crippen LogP contribution in [0.4, 0.5) is 4.39 Å². The number of halogens is 2. The summed E-state index contributed by atoms with van der Waals surface area (Å²) in [4.78, 5) is 20.8. The van der Waals surface area contributed by atoms with Crippen LogP contribution < -0.4 is 0 Å². The molecule has 3 rings (SSSR count). The van der Waals surface area contributed by atoms with Gasteiger partial charge >= 0.3 is 0 Å². The number of carbonyl (C=O) groups excluding carboxylic acids is 1. The van der Waals surface area contributed by atoms with E-state index in [-0.39, 0.29) is 17.8 Å². The Labute approximate surface area is 168 Å². The number of aryl methyl sites for hydroxylation is 1. The molecular weight excluding hydrogens is 387 g/mol. The molecule has 1 aromatic carbocycles. The average molecular weight is 411 g/mol. The Morgan fingerprint density at radius 3 is 2.79 bits per heavy atom. The number of hydrogen-bond donors (Lipinski definition) is 0. The molecule has 1 atom stereocenters. The topological polar surface area (TPSA) is 71.7 Å². The molecule has 1 unspecified atom stereocenters. The second-order valence-electron chi connectivity index (χ2n) is 6.82. The van der Waals surface area contributed by atoms with Crippen LogP contribution in [0.3, 0.4) is 0 Å². The lowest BCUT2D eigenvalue weighted by Gasteiger charge is -2.35. The number of amides is 1. The molecular formula is C19H24ClFN4O3. The van der Waals surface area contributed by atoms with Crippen molar-refractivity contribution >= 4 is 17.5 Å². The van der Waals surface area contributed by atoms with Crippen molar-refractivity contribution in [3.63, 3.8) is 0 Å². The van der Waals surface area contributed by atoms with E-state index in [4.69, 9.17) is 20.9 Å². The van der Waals surface area contributed by atoms with Crippen LogP contribution in [0, 0.1) is 5.82 Å². The van der Waals surface area contributed by atoms with Gasteiger partial charge in [-0.25, -0.2) is 4.39 Å². The predicted molar refractivity (Wildman–Crippen MR) is 101 cm³/mol. The van der Waals surface area contributed by atoms with E-state index in [9.17, 15) is 9.18 Å². The molecule has 0 spiro atoms. The molecule has 1 aromatic heterocycles. The Balaban J connectivity index is 1.44. The first kappa shape index (κ1) is 20.7. The number of methoxy groups -OCH3 is 1. The zero-order valence-electron chi connectivity index (χ0n) is 16.0. The van der Waals surface area contributed by atoms with E-state index in [1.54, 1.807) is 13.2 Å². The Hall–Kier alpha value is -2.03. The van der Waals surface area contributed by atoms with Gasteiger partial charge < -0.3 is 14.2 Å². The fourth-order valence-corrected chi connectivity index (χ4v) is 3.29. The van der Waals surface area contributed by atoms with Gasteiger partial charge in [-0.3, -0.25) is 9.69 Å². The summed E-state index contributed by atoms with van der Waals surface area (Å²) in [6.07, 6.45) is 0.497. The highest BCUT2D eigenvalue weighted by molar-refractivity contribution is 6.31. The molecule has 28 heavy (non-hydrogen) atoms. The van der Waals surface area contributed by atoms with Crippen LogP contribution in [0.5, 0.6) is 0 Å². The molecule has 9 heteroatoms. The monoisotopic (exact) mass is 410 g/mol. The van der Waals surface area contributed by atoms with E-state index < -0.39 is 0 Å². The molecule has 1 aliphatic rings. The standard InChI is InChI=1S/C19H24ClFN4O3/c1-13(27-2)19-22-17(28-23-19)5-6-18(26)25-9-7-24(8-10-25)12-14-3-4-15(21)11-16(14)20/h3-4,11,13H,5-10,12H2,1-2H3. The lowest BCUT2D eigenvalue weighted by atomic mass is 10.2. The first-order chi connectivity index (χ1) is 13.5. The largest absolute Gasteiger partial charge is 0.374 e. The maximum atomic E-state index is 13.2. The number of ether oxygens (including phenoxy) is 1. The van der Waals surface area contributed by atoms with E-state index in [1.165, 1.54) is 12.1 Å². The summed E-state index contributed by atoms with van der Waals surface area (Å²) in [6.45, 7) is 5.26. The molecule has 0 aliphatic carbocycles. The van der Waals surface area contributed by atoms with E-state index in [2.05, 4.69) is 15.0 Å². The lowest BCUT2D eigenvalue weighted by Crippen LogP contribution is -2.48. The zero-order chi connectivity index (χ0) is 20.1. The maximum absolute atomic E-state index is 13.2. The predicted octanol–water partition coefficient (Wildman–Crippen LogP) is 2.85. The minimum atomic E-state index is -0.339. The van der Waals surface area contributed by atoms with Crippen LogP contribution in [0.25, 0.3) is 0 Å². The molecule has 0 N–H and O–H groups in total. The third-order valence-corrected chi connectivity index (χ3v) is 5.24. The minimum absolute atomic E-state index is 0.0685. The molecule has 0 radical (unpaired) electrons. The summed E-state index contributed by atoms with van der Waals surface area (Å²) in [5.41, 5.74) is 0.889. The second-order valence-corrected chi connectivity index (χ2v) is 7.22. The van der Waals surface area contributed by atoms with Crippen molar-refractivity contribution in [2.45, 2.75) is 32.4 Å². The van der Waals surface area contributed by atoms with Gasteiger partial charge in [-0.2, -0.15) is 4.98 Å². The fraction of sp³-hybridized carbons (Fsp3) is 0.526. The number of nitrogens with zero attached hydrogens (tertiary/aromatic N) is 4. The summed E-state index contributed by atoms with van der Waals surface area (Å²) in [6, 6.07) is 4.45. The van der Waals surface area contributed by atoms with E-state index in [1.807, 2.05) is 11.8 Å². The molecule has 7 nitrogen and oxygen atoms in total. The highest BCUT2D eigenvalue weighted by atomic mass is 35.5. The Morgan fingerprint density at radius 1 is 1.36 bits per heavy atom. The Kier molecular flexibility index (Phi) is 6.98. The van der Waals surface area contributed by atoms with Gasteiger partial charge in [0.25, 0.3) is 0 Å². The van der Waals surface area contributed by atoms with Crippen molar-refractivity contribution in [3.05, 3.63) is 46.3 Å². The van der Waals surface area contributed by atoms with E-state index in [0.29, 0.717) is 49.2 Å². The number of carbonyl (C=O) groups is 1. The van der Waals surface area contributed by atoms with Crippen LogP contribution in [0.15, 0.2) is 22.7 Å². The maximum Gasteiger partial charge on any atom is 0.227 e. The number of benzene rings is 1. The molecule has 0 saturated carbocycles. The summed E-state index contributed by atoms with van der Waals surface area (Å²) < 4.78 is 23.5. The van der Waals surface area contributed by atoms with Crippen LogP contribution in [0.2, 0.25) is 5.02 Å². The number of piperazine rings is 1. The normalized spacial score (nSPS) is 16.4. The van der Waals surface area contributed by atoms with Crippen molar-refractivity contribution in [1.82, 2.24) is 19.9 Å². The van der Waals surface area contributed by atoms with Crippen molar-refractivity contribution in [2.24, 2.45) is 0 Å². The van der Waals surface area contributed by atoms with Crippen LogP contribution in [-0.4, -0.2) is 59.1 Å². The summed E-state index contributed by atoms with van der Waals surface area (Å²) in [7, 11) is 1.58. The van der Waals surface area contributed by atoms with Gasteiger partial charge in [0.15, 0.2) is 5.82 Å². The van der Waals surface area contributed by atoms with Crippen molar-refractivity contribution < 1.29 is 18.4 Å². The molecule has 0 bridgehead atoms. The molecule has 2 aromatic rings. The van der Waals surface area contributed by atoms with E-state index >= 15 is 0 Å². The quantitative estimate of drug-likeness (QED) is 0.699. The molecule has 1 aliphatic heterocycles. The van der Waals surface area contributed by atoms with Crippen molar-refractivity contribution in [3.8, 4) is 0 Å².